The molecule has 1 aromatic carbocycles. The van der Waals surface area contributed by atoms with E-state index in [2.05, 4.69) is 20.1 Å². The van der Waals surface area contributed by atoms with Gasteiger partial charge in [-0.3, -0.25) is 9.78 Å². The molecule has 8 heteroatoms. The summed E-state index contributed by atoms with van der Waals surface area (Å²) < 4.78 is 1.62. The number of H-pyrrole nitrogens is 1. The lowest BCUT2D eigenvalue weighted by Gasteiger charge is -2.05. The SMILES string of the molecule is O=c1[nH]c(SCc2cccnc2)nc2c1cnn2-c1cccc(Cl)c1. The van der Waals surface area contributed by atoms with E-state index < -0.39 is 0 Å². The summed E-state index contributed by atoms with van der Waals surface area (Å²) in [6.45, 7) is 0. The van der Waals surface area contributed by atoms with E-state index in [1.165, 1.54) is 18.0 Å². The highest BCUT2D eigenvalue weighted by atomic mass is 35.5. The normalized spacial score (nSPS) is 11.1. The monoisotopic (exact) mass is 369 g/mol. The predicted molar refractivity (Wildman–Crippen MR) is 98.3 cm³/mol. The van der Waals surface area contributed by atoms with Crippen molar-refractivity contribution in [1.82, 2.24) is 24.7 Å². The van der Waals surface area contributed by atoms with E-state index in [-0.39, 0.29) is 5.56 Å². The summed E-state index contributed by atoms with van der Waals surface area (Å²) >= 11 is 7.49. The Morgan fingerprint density at radius 1 is 1.20 bits per heavy atom. The van der Waals surface area contributed by atoms with Crippen LogP contribution in [0.1, 0.15) is 5.56 Å². The molecule has 6 nitrogen and oxygen atoms in total. The van der Waals surface area contributed by atoms with Crippen molar-refractivity contribution in [1.29, 1.82) is 0 Å². The lowest BCUT2D eigenvalue weighted by molar-refractivity contribution is 0.873. The summed E-state index contributed by atoms with van der Waals surface area (Å²) in [5.74, 6) is 0.660. The maximum absolute atomic E-state index is 12.3. The van der Waals surface area contributed by atoms with Crippen LogP contribution in [0.2, 0.25) is 5.02 Å². The Morgan fingerprint density at radius 2 is 2.12 bits per heavy atom. The Hall–Kier alpha value is -2.64. The molecular formula is C17H12ClN5OS. The number of nitrogens with zero attached hydrogens (tertiary/aromatic N) is 4. The molecule has 4 aromatic rings. The number of aromatic amines is 1. The predicted octanol–water partition coefficient (Wildman–Crippen LogP) is 3.45. The average Bonchev–Trinajstić information content (AvgIpc) is 3.05. The van der Waals surface area contributed by atoms with E-state index in [4.69, 9.17) is 11.6 Å². The number of aromatic nitrogens is 5. The summed E-state index contributed by atoms with van der Waals surface area (Å²) in [7, 11) is 0. The van der Waals surface area contributed by atoms with Gasteiger partial charge in [-0.05, 0) is 29.8 Å². The molecule has 124 valence electrons. The van der Waals surface area contributed by atoms with E-state index in [9.17, 15) is 4.79 Å². The fourth-order valence-corrected chi connectivity index (χ4v) is 3.37. The highest BCUT2D eigenvalue weighted by Gasteiger charge is 2.12. The van der Waals surface area contributed by atoms with Crippen LogP contribution >= 0.6 is 23.4 Å². The van der Waals surface area contributed by atoms with Crippen LogP contribution in [0.3, 0.4) is 0 Å². The van der Waals surface area contributed by atoms with Crippen molar-refractivity contribution in [3.63, 3.8) is 0 Å². The Kier molecular flexibility index (Phi) is 4.25. The molecule has 0 fully saturated rings. The Bertz CT molecular complexity index is 1090. The highest BCUT2D eigenvalue weighted by molar-refractivity contribution is 7.98. The van der Waals surface area contributed by atoms with Crippen LogP contribution in [0.5, 0.6) is 0 Å². The first-order valence-corrected chi connectivity index (χ1v) is 8.83. The number of benzene rings is 1. The number of nitrogens with one attached hydrogen (secondary N) is 1. The third-order valence-electron chi connectivity index (χ3n) is 3.57. The molecule has 0 saturated heterocycles. The molecular weight excluding hydrogens is 358 g/mol. The number of fused-ring (bicyclic) bond motifs is 1. The van der Waals surface area contributed by atoms with Gasteiger partial charge in [-0.1, -0.05) is 35.5 Å². The third kappa shape index (κ3) is 3.29. The van der Waals surface area contributed by atoms with E-state index in [0.29, 0.717) is 27.0 Å². The van der Waals surface area contributed by atoms with Crippen molar-refractivity contribution in [2.45, 2.75) is 10.9 Å². The Morgan fingerprint density at radius 3 is 2.92 bits per heavy atom. The van der Waals surface area contributed by atoms with Crippen LogP contribution in [-0.2, 0) is 5.75 Å². The quantitative estimate of drug-likeness (QED) is 0.440. The molecule has 0 spiro atoms. The first-order valence-electron chi connectivity index (χ1n) is 7.46. The van der Waals surface area contributed by atoms with Gasteiger partial charge in [0.15, 0.2) is 10.8 Å². The summed E-state index contributed by atoms with van der Waals surface area (Å²) in [6, 6.07) is 11.1. The number of pyridine rings is 1. The molecule has 0 unspecified atom stereocenters. The number of hydrogen-bond donors (Lipinski definition) is 1. The third-order valence-corrected chi connectivity index (χ3v) is 4.75. The van der Waals surface area contributed by atoms with Crippen LogP contribution < -0.4 is 5.56 Å². The molecule has 0 aliphatic heterocycles. The number of hydrogen-bond acceptors (Lipinski definition) is 5. The van der Waals surface area contributed by atoms with Crippen LogP contribution in [0.25, 0.3) is 16.7 Å². The van der Waals surface area contributed by atoms with Crippen LogP contribution in [-0.4, -0.2) is 24.7 Å². The smallest absolute Gasteiger partial charge is 0.262 e. The van der Waals surface area contributed by atoms with Gasteiger partial charge >= 0.3 is 0 Å². The van der Waals surface area contributed by atoms with E-state index in [1.807, 2.05) is 24.3 Å². The minimum absolute atomic E-state index is 0.216. The zero-order chi connectivity index (χ0) is 17.2. The highest BCUT2D eigenvalue weighted by Crippen LogP contribution is 2.21. The maximum Gasteiger partial charge on any atom is 0.262 e. The van der Waals surface area contributed by atoms with Crippen LogP contribution in [0.4, 0.5) is 0 Å². The van der Waals surface area contributed by atoms with Crippen LogP contribution in [0.15, 0.2) is 64.9 Å². The van der Waals surface area contributed by atoms with E-state index in [0.717, 1.165) is 11.3 Å². The molecule has 0 atom stereocenters. The van der Waals surface area contributed by atoms with Gasteiger partial charge in [0.25, 0.3) is 5.56 Å². The fraction of sp³-hybridized carbons (Fsp3) is 0.0588. The zero-order valence-electron chi connectivity index (χ0n) is 12.9. The zero-order valence-corrected chi connectivity index (χ0v) is 14.5. The molecule has 0 amide bonds. The number of thioether (sulfide) groups is 1. The van der Waals surface area contributed by atoms with Gasteiger partial charge in [0.2, 0.25) is 0 Å². The van der Waals surface area contributed by atoms with Gasteiger partial charge < -0.3 is 4.98 Å². The van der Waals surface area contributed by atoms with Crippen LogP contribution in [0, 0.1) is 0 Å². The standard InChI is InChI=1S/C17H12ClN5OS/c18-12-4-1-5-13(7-12)23-15-14(9-20-23)16(24)22-17(21-15)25-10-11-3-2-6-19-8-11/h1-9H,10H2,(H,21,22,24). The fourth-order valence-electron chi connectivity index (χ4n) is 2.40. The van der Waals surface area contributed by atoms with E-state index in [1.54, 1.807) is 29.2 Å². The summed E-state index contributed by atoms with van der Waals surface area (Å²) in [5, 5.41) is 5.85. The maximum atomic E-state index is 12.3. The first-order chi connectivity index (χ1) is 12.2. The van der Waals surface area contributed by atoms with Crippen molar-refractivity contribution in [3.8, 4) is 5.69 Å². The molecule has 0 radical (unpaired) electrons. The summed E-state index contributed by atoms with van der Waals surface area (Å²) in [4.78, 5) is 23.8. The molecule has 4 rings (SSSR count). The summed E-state index contributed by atoms with van der Waals surface area (Å²) in [5.41, 5.74) is 2.09. The first kappa shape index (κ1) is 15.9. The molecule has 0 aliphatic carbocycles. The van der Waals surface area contributed by atoms with Gasteiger partial charge in [0.05, 0.1) is 11.9 Å². The average molecular weight is 370 g/mol. The Balaban J connectivity index is 1.73. The molecule has 3 heterocycles. The van der Waals surface area contributed by atoms with Gasteiger partial charge in [0.1, 0.15) is 5.39 Å². The van der Waals surface area contributed by atoms with Gasteiger partial charge in [-0.2, -0.15) is 5.10 Å². The van der Waals surface area contributed by atoms with Crippen molar-refractivity contribution in [2.24, 2.45) is 0 Å². The minimum Gasteiger partial charge on any atom is -0.301 e. The minimum atomic E-state index is -0.216. The number of halogens is 1. The largest absolute Gasteiger partial charge is 0.301 e. The van der Waals surface area contributed by atoms with Gasteiger partial charge in [-0.25, -0.2) is 9.67 Å². The Labute approximate surface area is 151 Å². The molecule has 0 saturated carbocycles. The lowest BCUT2D eigenvalue weighted by atomic mass is 10.3. The van der Waals surface area contributed by atoms with Crippen molar-refractivity contribution in [2.75, 3.05) is 0 Å². The molecule has 3 aromatic heterocycles. The molecule has 25 heavy (non-hydrogen) atoms. The van der Waals surface area contributed by atoms with Gasteiger partial charge in [-0.15, -0.1) is 0 Å². The van der Waals surface area contributed by atoms with Gasteiger partial charge in [0, 0.05) is 23.2 Å². The van der Waals surface area contributed by atoms with E-state index >= 15 is 0 Å². The second kappa shape index (κ2) is 6.70. The summed E-state index contributed by atoms with van der Waals surface area (Å²) in [6.07, 6.45) is 5.03. The van der Waals surface area contributed by atoms with Crippen molar-refractivity contribution >= 4 is 34.4 Å². The topological polar surface area (TPSA) is 76.5 Å². The van der Waals surface area contributed by atoms with Crippen molar-refractivity contribution < 1.29 is 0 Å². The molecule has 0 bridgehead atoms. The lowest BCUT2D eigenvalue weighted by Crippen LogP contribution is -2.09. The molecule has 1 N–H and O–H groups in total. The number of rotatable bonds is 4. The van der Waals surface area contributed by atoms with Crippen molar-refractivity contribution in [3.05, 3.63) is 75.9 Å². The second-order valence-corrected chi connectivity index (χ2v) is 6.70. The second-order valence-electron chi connectivity index (χ2n) is 5.29. The molecule has 0 aliphatic rings.